The molecule has 0 radical (unpaired) electrons. The Morgan fingerprint density at radius 3 is 2.57 bits per heavy atom. The summed E-state index contributed by atoms with van der Waals surface area (Å²) in [5.74, 6) is -0.0397. The molecule has 0 aliphatic carbocycles. The average molecular weight is 369 g/mol. The van der Waals surface area contributed by atoms with E-state index in [1.165, 1.54) is 0 Å². The first-order chi connectivity index (χ1) is 13.7. The van der Waals surface area contributed by atoms with Crippen molar-refractivity contribution in [2.24, 2.45) is 0 Å². The van der Waals surface area contributed by atoms with Gasteiger partial charge in [0.1, 0.15) is 6.04 Å². The second-order valence-electron chi connectivity index (χ2n) is 7.15. The molecule has 28 heavy (non-hydrogen) atoms. The standard InChI is InChI=1S/C23H19N3O2/c27-22-11-10-20(25(22)15-16-6-2-1-3-7-16)23(28)26-19-9-5-4-8-17(19)18-12-13-24-14-21(18)26/h1-9,12-14,20H,10-11,15H2/t20-/m0/s1. The third-order valence-corrected chi connectivity index (χ3v) is 5.51. The molecule has 2 aromatic heterocycles. The Balaban J connectivity index is 1.59. The Morgan fingerprint density at radius 2 is 1.71 bits per heavy atom. The molecule has 0 saturated carbocycles. The van der Waals surface area contributed by atoms with Crippen LogP contribution in [0.5, 0.6) is 0 Å². The van der Waals surface area contributed by atoms with E-state index in [9.17, 15) is 9.59 Å². The predicted molar refractivity (Wildman–Crippen MR) is 108 cm³/mol. The first-order valence-electron chi connectivity index (χ1n) is 9.45. The van der Waals surface area contributed by atoms with Crippen molar-refractivity contribution in [1.29, 1.82) is 0 Å². The number of fused-ring (bicyclic) bond motifs is 3. The van der Waals surface area contributed by atoms with Crippen LogP contribution in [0.25, 0.3) is 21.8 Å². The molecule has 5 rings (SSSR count). The van der Waals surface area contributed by atoms with Gasteiger partial charge in [-0.3, -0.25) is 19.1 Å². The van der Waals surface area contributed by atoms with Crippen LogP contribution in [0.4, 0.5) is 0 Å². The van der Waals surface area contributed by atoms with Gasteiger partial charge in [0.2, 0.25) is 5.91 Å². The molecule has 2 aromatic carbocycles. The smallest absolute Gasteiger partial charge is 0.254 e. The number of para-hydroxylation sites is 1. The lowest BCUT2D eigenvalue weighted by Gasteiger charge is -2.24. The number of pyridine rings is 1. The van der Waals surface area contributed by atoms with Gasteiger partial charge in [0.15, 0.2) is 0 Å². The lowest BCUT2D eigenvalue weighted by atomic mass is 10.1. The fourth-order valence-electron chi connectivity index (χ4n) is 4.17. The first kappa shape index (κ1) is 16.7. The fourth-order valence-corrected chi connectivity index (χ4v) is 4.17. The summed E-state index contributed by atoms with van der Waals surface area (Å²) in [6, 6.07) is 19.1. The normalized spacial score (nSPS) is 16.9. The van der Waals surface area contributed by atoms with Crippen LogP contribution in [-0.2, 0) is 11.3 Å². The molecule has 1 amide bonds. The average Bonchev–Trinajstić information content (AvgIpc) is 3.27. The van der Waals surface area contributed by atoms with Gasteiger partial charge in [-0.2, -0.15) is 0 Å². The predicted octanol–water partition coefficient (Wildman–Crippen LogP) is 4.02. The molecule has 5 nitrogen and oxygen atoms in total. The lowest BCUT2D eigenvalue weighted by Crippen LogP contribution is -2.40. The minimum atomic E-state index is -0.466. The largest absolute Gasteiger partial charge is 0.326 e. The summed E-state index contributed by atoms with van der Waals surface area (Å²) < 4.78 is 1.74. The molecular formula is C23H19N3O2. The molecule has 5 heteroatoms. The maximum absolute atomic E-state index is 13.6. The van der Waals surface area contributed by atoms with Crippen LogP contribution in [0.15, 0.2) is 73.1 Å². The van der Waals surface area contributed by atoms with Crippen molar-refractivity contribution < 1.29 is 9.59 Å². The van der Waals surface area contributed by atoms with E-state index in [1.807, 2.05) is 60.7 Å². The molecule has 1 fully saturated rings. The van der Waals surface area contributed by atoms with Crippen molar-refractivity contribution >= 4 is 33.6 Å². The molecule has 1 saturated heterocycles. The maximum atomic E-state index is 13.6. The molecule has 0 bridgehead atoms. The zero-order valence-corrected chi connectivity index (χ0v) is 15.3. The van der Waals surface area contributed by atoms with Gasteiger partial charge in [0.25, 0.3) is 5.91 Å². The van der Waals surface area contributed by atoms with Crippen LogP contribution in [0.3, 0.4) is 0 Å². The van der Waals surface area contributed by atoms with Gasteiger partial charge in [-0.05, 0) is 24.1 Å². The molecule has 1 atom stereocenters. The zero-order chi connectivity index (χ0) is 19.1. The van der Waals surface area contributed by atoms with Crippen LogP contribution in [0.2, 0.25) is 0 Å². The number of likely N-dealkylation sites (tertiary alicyclic amines) is 1. The number of aromatic nitrogens is 2. The Morgan fingerprint density at radius 1 is 0.964 bits per heavy atom. The van der Waals surface area contributed by atoms with Gasteiger partial charge >= 0.3 is 0 Å². The van der Waals surface area contributed by atoms with Crippen molar-refractivity contribution in [3.8, 4) is 0 Å². The molecule has 138 valence electrons. The molecular weight excluding hydrogens is 350 g/mol. The molecule has 1 aliphatic rings. The minimum absolute atomic E-state index is 0.0288. The van der Waals surface area contributed by atoms with E-state index in [0.29, 0.717) is 19.4 Å². The molecule has 0 unspecified atom stereocenters. The monoisotopic (exact) mass is 369 g/mol. The second kappa shape index (κ2) is 6.60. The number of rotatable bonds is 3. The Bertz CT molecular complexity index is 1140. The first-order valence-corrected chi connectivity index (χ1v) is 9.45. The molecule has 4 aromatic rings. The summed E-state index contributed by atoms with van der Waals surface area (Å²) >= 11 is 0. The lowest BCUT2D eigenvalue weighted by molar-refractivity contribution is -0.129. The fraction of sp³-hybridized carbons (Fsp3) is 0.174. The van der Waals surface area contributed by atoms with E-state index < -0.39 is 6.04 Å². The van der Waals surface area contributed by atoms with E-state index in [4.69, 9.17) is 0 Å². The summed E-state index contributed by atoms with van der Waals surface area (Å²) in [6.45, 7) is 0.450. The highest BCUT2D eigenvalue weighted by atomic mass is 16.2. The van der Waals surface area contributed by atoms with Crippen molar-refractivity contribution in [2.45, 2.75) is 25.4 Å². The quantitative estimate of drug-likeness (QED) is 0.548. The highest BCUT2D eigenvalue weighted by Crippen LogP contribution is 2.31. The number of hydrogen-bond acceptors (Lipinski definition) is 3. The van der Waals surface area contributed by atoms with Gasteiger partial charge < -0.3 is 4.90 Å². The number of carbonyl (C=O) groups excluding carboxylic acids is 2. The summed E-state index contributed by atoms with van der Waals surface area (Å²) in [6.07, 6.45) is 4.41. The maximum Gasteiger partial charge on any atom is 0.254 e. The Labute approximate surface area is 162 Å². The third-order valence-electron chi connectivity index (χ3n) is 5.51. The van der Waals surface area contributed by atoms with Crippen LogP contribution < -0.4 is 0 Å². The zero-order valence-electron chi connectivity index (χ0n) is 15.3. The highest BCUT2D eigenvalue weighted by Gasteiger charge is 2.37. The van der Waals surface area contributed by atoms with Gasteiger partial charge in [-0.1, -0.05) is 48.5 Å². The Kier molecular flexibility index (Phi) is 3.93. The van der Waals surface area contributed by atoms with Crippen LogP contribution in [-0.4, -0.2) is 32.3 Å². The van der Waals surface area contributed by atoms with Gasteiger partial charge in [-0.15, -0.1) is 0 Å². The number of benzene rings is 2. The summed E-state index contributed by atoms with van der Waals surface area (Å²) in [5, 5.41) is 2.02. The molecule has 0 spiro atoms. The third kappa shape index (κ3) is 2.59. The van der Waals surface area contributed by atoms with E-state index >= 15 is 0 Å². The van der Waals surface area contributed by atoms with E-state index in [-0.39, 0.29) is 11.8 Å². The van der Waals surface area contributed by atoms with Crippen LogP contribution in [0.1, 0.15) is 23.2 Å². The van der Waals surface area contributed by atoms with Crippen molar-refractivity contribution in [2.75, 3.05) is 0 Å². The number of amides is 1. The van der Waals surface area contributed by atoms with E-state index in [2.05, 4.69) is 4.98 Å². The minimum Gasteiger partial charge on any atom is -0.326 e. The summed E-state index contributed by atoms with van der Waals surface area (Å²) in [4.78, 5) is 32.1. The molecule has 0 N–H and O–H groups in total. The second-order valence-corrected chi connectivity index (χ2v) is 7.15. The van der Waals surface area contributed by atoms with Crippen LogP contribution >= 0.6 is 0 Å². The number of nitrogens with zero attached hydrogens (tertiary/aromatic N) is 3. The topological polar surface area (TPSA) is 55.2 Å². The Hall–Kier alpha value is -3.47. The van der Waals surface area contributed by atoms with Crippen molar-refractivity contribution in [3.63, 3.8) is 0 Å². The summed E-state index contributed by atoms with van der Waals surface area (Å²) in [7, 11) is 0. The van der Waals surface area contributed by atoms with Crippen molar-refractivity contribution in [3.05, 3.63) is 78.6 Å². The number of hydrogen-bond donors (Lipinski definition) is 0. The van der Waals surface area contributed by atoms with Gasteiger partial charge in [-0.25, -0.2) is 0 Å². The van der Waals surface area contributed by atoms with Gasteiger partial charge in [0.05, 0.1) is 17.2 Å². The molecule has 1 aliphatic heterocycles. The van der Waals surface area contributed by atoms with Gasteiger partial charge in [0, 0.05) is 29.9 Å². The highest BCUT2D eigenvalue weighted by molar-refractivity contribution is 6.14. The number of carbonyl (C=O) groups is 2. The molecule has 3 heterocycles. The van der Waals surface area contributed by atoms with Crippen molar-refractivity contribution in [1.82, 2.24) is 14.5 Å². The SMILES string of the molecule is O=C1CC[C@@H](C(=O)n2c3ccccc3c3ccncc32)N1Cc1ccccc1. The van der Waals surface area contributed by atoms with E-state index in [1.54, 1.807) is 21.9 Å². The van der Waals surface area contributed by atoms with Crippen LogP contribution in [0, 0.1) is 0 Å². The van der Waals surface area contributed by atoms with E-state index in [0.717, 1.165) is 27.4 Å². The summed E-state index contributed by atoms with van der Waals surface area (Å²) in [5.41, 5.74) is 2.67.